The molecule has 116 valence electrons. The van der Waals surface area contributed by atoms with Crippen molar-refractivity contribution in [2.45, 2.75) is 52.4 Å². The molecule has 5 nitrogen and oxygen atoms in total. The number of hydrogen-bond donors (Lipinski definition) is 0. The topological polar surface area (TPSA) is 69.7 Å². The Kier molecular flexibility index (Phi) is 4.80. The highest BCUT2D eigenvalue weighted by Gasteiger charge is 2.56. The summed E-state index contributed by atoms with van der Waals surface area (Å²) in [6.07, 6.45) is 3.93. The lowest BCUT2D eigenvalue weighted by molar-refractivity contribution is -0.171. The zero-order chi connectivity index (χ0) is 15.5. The summed E-state index contributed by atoms with van der Waals surface area (Å²) in [4.78, 5) is 36.9. The van der Waals surface area contributed by atoms with Gasteiger partial charge in [-0.2, -0.15) is 0 Å². The lowest BCUT2D eigenvalue weighted by Crippen LogP contribution is -2.40. The Morgan fingerprint density at radius 3 is 2.00 bits per heavy atom. The van der Waals surface area contributed by atoms with E-state index in [1.165, 1.54) is 0 Å². The van der Waals surface area contributed by atoms with Gasteiger partial charge < -0.3 is 9.47 Å². The molecule has 0 unspecified atom stereocenters. The highest BCUT2D eigenvalue weighted by molar-refractivity contribution is 6.12. The van der Waals surface area contributed by atoms with Crippen molar-refractivity contribution in [2.24, 2.45) is 5.41 Å². The number of Topliss-reactive ketones (excluding diaryl/α,β-unsaturated/α-hetero) is 1. The average Bonchev–Trinajstić information content (AvgIpc) is 3.07. The molecule has 0 bridgehead atoms. The third kappa shape index (κ3) is 2.87. The van der Waals surface area contributed by atoms with Crippen LogP contribution in [-0.2, 0) is 23.9 Å². The molecule has 21 heavy (non-hydrogen) atoms. The van der Waals surface area contributed by atoms with Crippen molar-refractivity contribution in [3.05, 3.63) is 11.1 Å². The third-order valence-electron chi connectivity index (χ3n) is 4.24. The van der Waals surface area contributed by atoms with E-state index in [1.54, 1.807) is 13.8 Å². The molecule has 0 N–H and O–H groups in total. The number of carbonyl (C=O) groups excluding carboxylic acids is 3. The zero-order valence-corrected chi connectivity index (χ0v) is 12.7. The van der Waals surface area contributed by atoms with Crippen LogP contribution in [0.15, 0.2) is 11.1 Å². The molecule has 2 aliphatic carbocycles. The lowest BCUT2D eigenvalue weighted by atomic mass is 9.85. The van der Waals surface area contributed by atoms with Gasteiger partial charge in [0.25, 0.3) is 0 Å². The first-order chi connectivity index (χ1) is 10.0. The zero-order valence-electron chi connectivity index (χ0n) is 12.7. The van der Waals surface area contributed by atoms with E-state index >= 15 is 0 Å². The monoisotopic (exact) mass is 294 g/mol. The molecular weight excluding hydrogens is 272 g/mol. The maximum Gasteiger partial charge on any atom is 0.324 e. The summed E-state index contributed by atoms with van der Waals surface area (Å²) in [6, 6.07) is 0. The molecule has 2 aliphatic rings. The molecule has 2 saturated carbocycles. The van der Waals surface area contributed by atoms with Gasteiger partial charge in [-0.1, -0.05) is 5.57 Å². The molecule has 2 fully saturated rings. The first-order valence-electron chi connectivity index (χ1n) is 7.63. The highest BCUT2D eigenvalue weighted by Crippen LogP contribution is 2.45. The fourth-order valence-corrected chi connectivity index (χ4v) is 3.18. The van der Waals surface area contributed by atoms with Gasteiger partial charge in [-0.25, -0.2) is 0 Å². The molecule has 0 aromatic carbocycles. The van der Waals surface area contributed by atoms with Gasteiger partial charge in [0.1, 0.15) is 0 Å². The molecule has 2 rings (SSSR count). The van der Waals surface area contributed by atoms with E-state index in [4.69, 9.17) is 9.47 Å². The SMILES string of the molecule is CCOC(=O)C1(C(=O)OCC)CC(=O)C(=C2CCCC2)C1. The van der Waals surface area contributed by atoms with Crippen molar-refractivity contribution in [1.29, 1.82) is 0 Å². The summed E-state index contributed by atoms with van der Waals surface area (Å²) in [6.45, 7) is 3.73. The Morgan fingerprint density at radius 1 is 1.00 bits per heavy atom. The Balaban J connectivity index is 2.34. The third-order valence-corrected chi connectivity index (χ3v) is 4.24. The standard InChI is InChI=1S/C16H22O5/c1-3-20-14(18)16(15(19)21-4-2)9-12(13(17)10-16)11-7-5-6-8-11/h3-10H2,1-2H3. The van der Waals surface area contributed by atoms with Crippen LogP contribution in [0.25, 0.3) is 0 Å². The van der Waals surface area contributed by atoms with Crippen LogP contribution < -0.4 is 0 Å². The summed E-state index contributed by atoms with van der Waals surface area (Å²) >= 11 is 0. The maximum absolute atomic E-state index is 12.3. The Labute approximate surface area is 124 Å². The van der Waals surface area contributed by atoms with Crippen LogP contribution in [0.1, 0.15) is 52.4 Å². The van der Waals surface area contributed by atoms with Gasteiger partial charge >= 0.3 is 11.9 Å². The maximum atomic E-state index is 12.3. The Hall–Kier alpha value is -1.65. The van der Waals surface area contributed by atoms with Crippen LogP contribution in [0, 0.1) is 5.41 Å². The molecule has 0 heterocycles. The minimum absolute atomic E-state index is 0.104. The van der Waals surface area contributed by atoms with Gasteiger partial charge in [-0.15, -0.1) is 0 Å². The van der Waals surface area contributed by atoms with Crippen molar-refractivity contribution in [3.8, 4) is 0 Å². The Bertz CT molecular complexity index is 463. The summed E-state index contributed by atoms with van der Waals surface area (Å²) in [5, 5.41) is 0. The van der Waals surface area contributed by atoms with Crippen LogP contribution in [-0.4, -0.2) is 30.9 Å². The summed E-state index contributed by atoms with van der Waals surface area (Å²) in [7, 11) is 0. The predicted molar refractivity (Wildman–Crippen MR) is 75.4 cm³/mol. The second-order valence-electron chi connectivity index (χ2n) is 5.59. The molecule has 0 aliphatic heterocycles. The average molecular weight is 294 g/mol. The van der Waals surface area contributed by atoms with Crippen LogP contribution in [0.2, 0.25) is 0 Å². The van der Waals surface area contributed by atoms with E-state index < -0.39 is 17.4 Å². The van der Waals surface area contributed by atoms with Crippen LogP contribution >= 0.6 is 0 Å². The first kappa shape index (κ1) is 15.7. The molecule has 0 aromatic heterocycles. The Morgan fingerprint density at radius 2 is 1.52 bits per heavy atom. The first-order valence-corrected chi connectivity index (χ1v) is 7.63. The molecule has 5 heteroatoms. The molecule has 0 atom stereocenters. The predicted octanol–water partition coefficient (Wildman–Crippen LogP) is 2.33. The number of ketones is 1. The fourth-order valence-electron chi connectivity index (χ4n) is 3.18. The van der Waals surface area contributed by atoms with Gasteiger partial charge in [0.2, 0.25) is 0 Å². The smallest absolute Gasteiger partial charge is 0.324 e. The van der Waals surface area contributed by atoms with E-state index in [9.17, 15) is 14.4 Å². The minimum atomic E-state index is -1.46. The number of hydrogen-bond acceptors (Lipinski definition) is 5. The normalized spacial score (nSPS) is 20.8. The molecule has 0 spiro atoms. The highest BCUT2D eigenvalue weighted by atomic mass is 16.6. The van der Waals surface area contributed by atoms with E-state index in [0.29, 0.717) is 5.57 Å². The number of esters is 2. The van der Waals surface area contributed by atoms with Gasteiger partial charge in [-0.05, 0) is 45.1 Å². The summed E-state index contributed by atoms with van der Waals surface area (Å²) in [5.74, 6) is -1.37. The molecule has 0 saturated heterocycles. The molecule has 0 radical (unpaired) electrons. The summed E-state index contributed by atoms with van der Waals surface area (Å²) in [5.41, 5.74) is 0.303. The van der Waals surface area contributed by atoms with Crippen LogP contribution in [0.4, 0.5) is 0 Å². The van der Waals surface area contributed by atoms with Gasteiger partial charge in [0.15, 0.2) is 11.2 Å². The number of ether oxygens (including phenoxy) is 2. The second kappa shape index (κ2) is 6.41. The number of rotatable bonds is 4. The molecular formula is C16H22O5. The van der Waals surface area contributed by atoms with Crippen molar-refractivity contribution < 1.29 is 23.9 Å². The molecule has 0 aromatic rings. The quantitative estimate of drug-likeness (QED) is 0.452. The minimum Gasteiger partial charge on any atom is -0.465 e. The largest absolute Gasteiger partial charge is 0.465 e. The number of allylic oxidation sites excluding steroid dienone is 2. The van der Waals surface area contributed by atoms with Crippen molar-refractivity contribution in [1.82, 2.24) is 0 Å². The van der Waals surface area contributed by atoms with Crippen LogP contribution in [0.3, 0.4) is 0 Å². The fraction of sp³-hybridized carbons (Fsp3) is 0.688. The van der Waals surface area contributed by atoms with Crippen molar-refractivity contribution >= 4 is 17.7 Å². The molecule has 0 amide bonds. The van der Waals surface area contributed by atoms with Crippen molar-refractivity contribution in [3.63, 3.8) is 0 Å². The van der Waals surface area contributed by atoms with Gasteiger partial charge in [-0.3, -0.25) is 14.4 Å². The number of carbonyl (C=O) groups is 3. The van der Waals surface area contributed by atoms with E-state index in [2.05, 4.69) is 0 Å². The van der Waals surface area contributed by atoms with E-state index in [0.717, 1.165) is 31.3 Å². The summed E-state index contributed by atoms with van der Waals surface area (Å²) < 4.78 is 10.1. The van der Waals surface area contributed by atoms with Gasteiger partial charge in [0.05, 0.1) is 13.2 Å². The van der Waals surface area contributed by atoms with Gasteiger partial charge in [0, 0.05) is 12.8 Å². The van der Waals surface area contributed by atoms with Crippen molar-refractivity contribution in [2.75, 3.05) is 13.2 Å². The lowest BCUT2D eigenvalue weighted by Gasteiger charge is -2.23. The second-order valence-corrected chi connectivity index (χ2v) is 5.59. The van der Waals surface area contributed by atoms with E-state index in [1.807, 2.05) is 0 Å². The van der Waals surface area contributed by atoms with Crippen LogP contribution in [0.5, 0.6) is 0 Å². The van der Waals surface area contributed by atoms with E-state index in [-0.39, 0.29) is 31.8 Å².